The number of aryl methyl sites for hydroxylation is 2. The molecule has 0 aliphatic carbocycles. The van der Waals surface area contributed by atoms with E-state index in [9.17, 15) is 0 Å². The summed E-state index contributed by atoms with van der Waals surface area (Å²) in [7, 11) is 3.48. The Labute approximate surface area is 120 Å². The second kappa shape index (κ2) is 5.19. The molecule has 0 atom stereocenters. The van der Waals surface area contributed by atoms with Gasteiger partial charge in [-0.05, 0) is 26.0 Å². The van der Waals surface area contributed by atoms with Gasteiger partial charge in [0.2, 0.25) is 0 Å². The van der Waals surface area contributed by atoms with E-state index in [-0.39, 0.29) is 0 Å². The Balaban J connectivity index is 1.95. The van der Waals surface area contributed by atoms with E-state index in [1.54, 1.807) is 20.7 Å². The number of benzene rings is 2. The van der Waals surface area contributed by atoms with Crippen LogP contribution in [-0.2, 0) is 0 Å². The molecular weight excluding hydrogens is 270 g/mol. The fourth-order valence-corrected chi connectivity index (χ4v) is 4.04. The maximum absolute atomic E-state index is 4.75. The van der Waals surface area contributed by atoms with Gasteiger partial charge in [0.05, 0.1) is 5.56 Å². The molecule has 0 radical (unpaired) electrons. The van der Waals surface area contributed by atoms with Crippen molar-refractivity contribution in [3.63, 3.8) is 0 Å². The Morgan fingerprint density at radius 2 is 1.32 bits per heavy atom. The third kappa shape index (κ3) is 2.72. The van der Waals surface area contributed by atoms with E-state index in [2.05, 4.69) is 62.4 Å². The second-order valence-electron chi connectivity index (χ2n) is 4.62. The van der Waals surface area contributed by atoms with Crippen molar-refractivity contribution in [2.75, 3.05) is 0 Å². The summed E-state index contributed by atoms with van der Waals surface area (Å²) < 4.78 is 0. The third-order valence-electron chi connectivity index (χ3n) is 3.00. The van der Waals surface area contributed by atoms with Gasteiger partial charge in [-0.15, -0.1) is 0 Å². The lowest BCUT2D eigenvalue weighted by molar-refractivity contribution is 1.40. The van der Waals surface area contributed by atoms with Crippen LogP contribution in [0.5, 0.6) is 0 Å². The largest absolute Gasteiger partial charge is 0.348 e. The number of hydrogen-bond acceptors (Lipinski definition) is 2. The summed E-state index contributed by atoms with van der Waals surface area (Å²) >= 11 is 0. The van der Waals surface area contributed by atoms with E-state index in [1.807, 2.05) is 0 Å². The van der Waals surface area contributed by atoms with Crippen molar-refractivity contribution in [2.24, 2.45) is 0 Å². The summed E-state index contributed by atoms with van der Waals surface area (Å²) in [4.78, 5) is 4.75. The van der Waals surface area contributed by atoms with E-state index in [1.165, 1.54) is 22.3 Å². The minimum absolute atomic E-state index is 1.10. The smallest absolute Gasteiger partial charge is 0.175 e. The molecule has 0 unspecified atom stereocenters. The van der Waals surface area contributed by atoms with Crippen molar-refractivity contribution in [3.8, 4) is 21.1 Å². The zero-order chi connectivity index (χ0) is 13.2. The van der Waals surface area contributed by atoms with Crippen molar-refractivity contribution in [1.29, 1.82) is 0 Å². The highest BCUT2D eigenvalue weighted by Gasteiger charge is 2.18. The van der Waals surface area contributed by atoms with Crippen molar-refractivity contribution < 1.29 is 0 Å². The highest BCUT2D eigenvalue weighted by atomic mass is 32.9. The summed E-state index contributed by atoms with van der Waals surface area (Å²) in [6.45, 7) is 4.21. The normalized spacial score (nSPS) is 10.6. The van der Waals surface area contributed by atoms with Crippen molar-refractivity contribution in [1.82, 2.24) is 4.98 Å². The summed E-state index contributed by atoms with van der Waals surface area (Å²) in [6.07, 6.45) is 0. The SMILES string of the molecule is Cc1ccc(-c2nc(-c3ccc(C)cc3)[s+]s2)cc1. The van der Waals surface area contributed by atoms with Gasteiger partial charge < -0.3 is 0 Å². The topological polar surface area (TPSA) is 12.9 Å². The minimum Gasteiger partial charge on any atom is -0.175 e. The monoisotopic (exact) mass is 284 g/mol. The molecule has 1 nitrogen and oxygen atoms in total. The van der Waals surface area contributed by atoms with Gasteiger partial charge in [-0.1, -0.05) is 47.5 Å². The van der Waals surface area contributed by atoms with Crippen LogP contribution in [0.1, 0.15) is 11.1 Å². The van der Waals surface area contributed by atoms with Gasteiger partial charge >= 0.3 is 15.3 Å². The lowest BCUT2D eigenvalue weighted by atomic mass is 10.1. The average molecular weight is 284 g/mol. The van der Waals surface area contributed by atoms with Crippen LogP contribution in [0.15, 0.2) is 48.5 Å². The summed E-state index contributed by atoms with van der Waals surface area (Å²) in [5.74, 6) is 0. The quantitative estimate of drug-likeness (QED) is 0.451. The maximum atomic E-state index is 4.75. The van der Waals surface area contributed by atoms with Gasteiger partial charge in [0, 0.05) is 5.56 Å². The molecule has 0 spiro atoms. The molecule has 1 heterocycles. The summed E-state index contributed by atoms with van der Waals surface area (Å²) in [6, 6.07) is 17.1. The molecule has 0 saturated heterocycles. The molecule has 0 fully saturated rings. The Hall–Kier alpha value is -1.58. The van der Waals surface area contributed by atoms with Crippen LogP contribution in [0.2, 0.25) is 0 Å². The molecule has 19 heavy (non-hydrogen) atoms. The molecule has 94 valence electrons. The predicted octanol–water partition coefficient (Wildman–Crippen LogP) is 5.44. The zero-order valence-corrected chi connectivity index (χ0v) is 12.5. The Kier molecular flexibility index (Phi) is 3.40. The standard InChI is InChI=1S/C16H14NS2/c1-11-3-7-13(8-4-11)15-17-16(19-18-15)14-9-5-12(2)6-10-14/h3-10H,1-2H3/q+1. The highest BCUT2D eigenvalue weighted by molar-refractivity contribution is 7.71. The van der Waals surface area contributed by atoms with Crippen molar-refractivity contribution >= 4 is 20.7 Å². The van der Waals surface area contributed by atoms with Gasteiger partial charge in [-0.2, -0.15) is 4.98 Å². The Morgan fingerprint density at radius 1 is 0.789 bits per heavy atom. The number of rotatable bonds is 2. The summed E-state index contributed by atoms with van der Waals surface area (Å²) in [5.41, 5.74) is 4.96. The zero-order valence-electron chi connectivity index (χ0n) is 10.9. The average Bonchev–Trinajstić information content (AvgIpc) is 2.90. The fraction of sp³-hybridized carbons (Fsp3) is 0.125. The third-order valence-corrected chi connectivity index (χ3v) is 5.25. The van der Waals surface area contributed by atoms with Gasteiger partial charge in [-0.3, -0.25) is 0 Å². The van der Waals surface area contributed by atoms with Crippen LogP contribution < -0.4 is 0 Å². The molecule has 0 amide bonds. The van der Waals surface area contributed by atoms with Crippen LogP contribution in [0, 0.1) is 13.8 Å². The molecule has 0 saturated carbocycles. The van der Waals surface area contributed by atoms with Gasteiger partial charge in [0.25, 0.3) is 0 Å². The molecule has 3 rings (SSSR count). The van der Waals surface area contributed by atoms with Crippen LogP contribution in [-0.4, -0.2) is 4.98 Å². The Bertz CT molecular complexity index is 622. The predicted molar refractivity (Wildman–Crippen MR) is 84.7 cm³/mol. The second-order valence-corrected chi connectivity index (χ2v) is 6.73. The van der Waals surface area contributed by atoms with Gasteiger partial charge in [0.15, 0.2) is 15.3 Å². The molecule has 0 bridgehead atoms. The lowest BCUT2D eigenvalue weighted by Crippen LogP contribution is -1.80. The van der Waals surface area contributed by atoms with Gasteiger partial charge in [-0.25, -0.2) is 0 Å². The van der Waals surface area contributed by atoms with E-state index < -0.39 is 0 Å². The van der Waals surface area contributed by atoms with E-state index in [0.717, 1.165) is 10.0 Å². The summed E-state index contributed by atoms with van der Waals surface area (Å²) in [5, 5.41) is 2.20. The number of nitrogens with zero attached hydrogens (tertiary/aromatic N) is 1. The molecule has 0 aliphatic heterocycles. The lowest BCUT2D eigenvalue weighted by Gasteiger charge is -1.94. The number of aromatic nitrogens is 1. The molecule has 3 heteroatoms. The molecule has 1 aromatic heterocycles. The van der Waals surface area contributed by atoms with Gasteiger partial charge in [0.1, 0.15) is 0 Å². The van der Waals surface area contributed by atoms with E-state index in [0.29, 0.717) is 0 Å². The first-order valence-electron chi connectivity index (χ1n) is 6.16. The van der Waals surface area contributed by atoms with Crippen LogP contribution >= 0.6 is 20.7 Å². The van der Waals surface area contributed by atoms with Crippen molar-refractivity contribution in [2.45, 2.75) is 13.8 Å². The highest BCUT2D eigenvalue weighted by Crippen LogP contribution is 2.33. The van der Waals surface area contributed by atoms with Crippen molar-refractivity contribution in [3.05, 3.63) is 59.7 Å². The molecular formula is C16H14NS2+. The van der Waals surface area contributed by atoms with Crippen LogP contribution in [0.3, 0.4) is 0 Å². The number of hydrogen-bond donors (Lipinski definition) is 0. The Morgan fingerprint density at radius 3 is 1.89 bits per heavy atom. The van der Waals surface area contributed by atoms with Crippen LogP contribution in [0.25, 0.3) is 21.1 Å². The first-order chi connectivity index (χ1) is 9.22. The maximum Gasteiger partial charge on any atom is 0.348 e. The molecule has 0 N–H and O–H groups in total. The molecule has 3 aromatic rings. The first-order valence-corrected chi connectivity index (χ1v) is 8.31. The minimum atomic E-state index is 1.10. The van der Waals surface area contributed by atoms with Crippen LogP contribution in [0.4, 0.5) is 0 Å². The first kappa shape index (κ1) is 12.5. The fourth-order valence-electron chi connectivity index (χ4n) is 1.83. The molecule has 2 aromatic carbocycles. The van der Waals surface area contributed by atoms with E-state index >= 15 is 0 Å². The molecule has 0 aliphatic rings. The van der Waals surface area contributed by atoms with E-state index in [4.69, 9.17) is 4.98 Å².